The summed E-state index contributed by atoms with van der Waals surface area (Å²) >= 11 is 0. The normalized spacial score (nSPS) is 12.5. The molecule has 10 heavy (non-hydrogen) atoms. The number of hydrogen-bond donors (Lipinski definition) is 0. The Morgan fingerprint density at radius 2 is 2.20 bits per heavy atom. The largest absolute Gasteiger partial charge is 0.164 e. The van der Waals surface area contributed by atoms with Crippen molar-refractivity contribution in [2.45, 2.75) is 27.2 Å². The van der Waals surface area contributed by atoms with Gasteiger partial charge in [0.1, 0.15) is 0 Å². The van der Waals surface area contributed by atoms with Crippen molar-refractivity contribution in [2.75, 3.05) is 0 Å². The molecule has 0 radical (unpaired) electrons. The molecule has 0 aliphatic heterocycles. The first kappa shape index (κ1) is 9.08. The predicted molar refractivity (Wildman–Crippen MR) is 46.7 cm³/mol. The van der Waals surface area contributed by atoms with Crippen molar-refractivity contribution in [3.05, 3.63) is 12.2 Å². The van der Waals surface area contributed by atoms with Crippen LogP contribution in [0.1, 0.15) is 27.2 Å². The summed E-state index contributed by atoms with van der Waals surface area (Å²) in [5, 5.41) is 7.71. The van der Waals surface area contributed by atoms with E-state index in [1.54, 1.807) is 6.21 Å². The Hall–Kier alpha value is -0.920. The van der Waals surface area contributed by atoms with Gasteiger partial charge in [0, 0.05) is 6.21 Å². The molecule has 56 valence electrons. The standard InChI is InChI=1S/C8H14N2/c1-5-8(7(3)4)10-9-6-2/h6H,3,5H2,1-2,4H3/b9-6-,10-8-. The second-order valence-electron chi connectivity index (χ2n) is 2.05. The van der Waals surface area contributed by atoms with Crippen LogP contribution in [0.2, 0.25) is 0 Å². The van der Waals surface area contributed by atoms with Crippen molar-refractivity contribution >= 4 is 11.9 Å². The average molecular weight is 138 g/mol. The molecule has 0 spiro atoms. The van der Waals surface area contributed by atoms with Gasteiger partial charge in [-0.1, -0.05) is 13.5 Å². The molecule has 0 amide bonds. The van der Waals surface area contributed by atoms with Gasteiger partial charge >= 0.3 is 0 Å². The lowest BCUT2D eigenvalue weighted by Gasteiger charge is -1.96. The Morgan fingerprint density at radius 1 is 1.60 bits per heavy atom. The summed E-state index contributed by atoms with van der Waals surface area (Å²) in [5.41, 5.74) is 1.96. The van der Waals surface area contributed by atoms with Gasteiger partial charge in [-0.3, -0.25) is 0 Å². The van der Waals surface area contributed by atoms with Gasteiger partial charge in [0.05, 0.1) is 5.71 Å². The summed E-state index contributed by atoms with van der Waals surface area (Å²) in [6.07, 6.45) is 2.56. The maximum Gasteiger partial charge on any atom is 0.0650 e. The molecular weight excluding hydrogens is 124 g/mol. The summed E-state index contributed by atoms with van der Waals surface area (Å²) in [7, 11) is 0. The average Bonchev–Trinajstić information content (AvgIpc) is 1.89. The van der Waals surface area contributed by atoms with Crippen LogP contribution in [0.15, 0.2) is 22.4 Å². The fraction of sp³-hybridized carbons (Fsp3) is 0.500. The molecule has 0 rings (SSSR count). The van der Waals surface area contributed by atoms with E-state index in [2.05, 4.69) is 16.8 Å². The summed E-state index contributed by atoms with van der Waals surface area (Å²) in [6.45, 7) is 9.60. The van der Waals surface area contributed by atoms with E-state index < -0.39 is 0 Å². The molecule has 0 aromatic carbocycles. The minimum Gasteiger partial charge on any atom is -0.164 e. The molecule has 0 atom stereocenters. The maximum absolute atomic E-state index is 3.95. The summed E-state index contributed by atoms with van der Waals surface area (Å²) in [5.74, 6) is 0. The highest BCUT2D eigenvalue weighted by Crippen LogP contribution is 1.97. The molecule has 0 N–H and O–H groups in total. The molecule has 0 saturated carbocycles. The third-order valence-corrected chi connectivity index (χ3v) is 1.12. The van der Waals surface area contributed by atoms with E-state index in [0.717, 1.165) is 17.7 Å². The van der Waals surface area contributed by atoms with Crippen LogP contribution in [0, 0.1) is 0 Å². The monoisotopic (exact) mass is 138 g/mol. The van der Waals surface area contributed by atoms with Crippen LogP contribution >= 0.6 is 0 Å². The lowest BCUT2D eigenvalue weighted by atomic mass is 10.2. The first-order valence-electron chi connectivity index (χ1n) is 3.42. The predicted octanol–water partition coefficient (Wildman–Crippen LogP) is 2.42. The van der Waals surface area contributed by atoms with Crippen molar-refractivity contribution < 1.29 is 0 Å². The highest BCUT2D eigenvalue weighted by molar-refractivity contribution is 5.98. The molecule has 0 aliphatic rings. The van der Waals surface area contributed by atoms with Crippen molar-refractivity contribution in [2.24, 2.45) is 10.2 Å². The van der Waals surface area contributed by atoms with Gasteiger partial charge in [-0.2, -0.15) is 10.2 Å². The Labute approximate surface area is 62.4 Å². The van der Waals surface area contributed by atoms with Crippen LogP contribution < -0.4 is 0 Å². The van der Waals surface area contributed by atoms with Gasteiger partial charge in [-0.25, -0.2) is 0 Å². The van der Waals surface area contributed by atoms with Crippen LogP contribution in [0.5, 0.6) is 0 Å². The van der Waals surface area contributed by atoms with Crippen LogP contribution in [0.4, 0.5) is 0 Å². The first-order valence-corrected chi connectivity index (χ1v) is 3.42. The van der Waals surface area contributed by atoms with Crippen LogP contribution in [-0.4, -0.2) is 11.9 Å². The minimum absolute atomic E-state index is 0.896. The van der Waals surface area contributed by atoms with Crippen LogP contribution in [-0.2, 0) is 0 Å². The number of hydrogen-bond acceptors (Lipinski definition) is 2. The molecule has 0 aromatic rings. The number of allylic oxidation sites excluding steroid dienone is 1. The third kappa shape index (κ3) is 3.17. The van der Waals surface area contributed by atoms with Gasteiger partial charge in [-0.15, -0.1) is 0 Å². The summed E-state index contributed by atoms with van der Waals surface area (Å²) < 4.78 is 0. The molecule has 0 aromatic heterocycles. The van der Waals surface area contributed by atoms with E-state index in [9.17, 15) is 0 Å². The van der Waals surface area contributed by atoms with Gasteiger partial charge in [0.15, 0.2) is 0 Å². The Bertz CT molecular complexity index is 166. The second kappa shape index (κ2) is 4.91. The zero-order valence-electron chi connectivity index (χ0n) is 6.89. The molecule has 0 fully saturated rings. The highest BCUT2D eigenvalue weighted by atomic mass is 15.2. The van der Waals surface area contributed by atoms with Crippen molar-refractivity contribution in [3.63, 3.8) is 0 Å². The molecule has 0 heterocycles. The topological polar surface area (TPSA) is 24.7 Å². The molecule has 2 nitrogen and oxygen atoms in total. The SMILES string of the molecule is C=C(C)/C(CC)=N\N=C/C. The van der Waals surface area contributed by atoms with E-state index in [1.807, 2.05) is 20.8 Å². The summed E-state index contributed by atoms with van der Waals surface area (Å²) in [6, 6.07) is 0. The van der Waals surface area contributed by atoms with E-state index in [4.69, 9.17) is 0 Å². The van der Waals surface area contributed by atoms with E-state index in [-0.39, 0.29) is 0 Å². The Morgan fingerprint density at radius 3 is 2.50 bits per heavy atom. The first-order chi connectivity index (χ1) is 4.72. The quantitative estimate of drug-likeness (QED) is 0.422. The van der Waals surface area contributed by atoms with Crippen molar-refractivity contribution in [3.8, 4) is 0 Å². The molecule has 0 saturated heterocycles. The second-order valence-corrected chi connectivity index (χ2v) is 2.05. The number of nitrogens with zero attached hydrogens (tertiary/aromatic N) is 2. The van der Waals surface area contributed by atoms with Gasteiger partial charge in [0.2, 0.25) is 0 Å². The fourth-order valence-corrected chi connectivity index (χ4v) is 0.585. The van der Waals surface area contributed by atoms with Gasteiger partial charge < -0.3 is 0 Å². The van der Waals surface area contributed by atoms with E-state index in [0.29, 0.717) is 0 Å². The van der Waals surface area contributed by atoms with E-state index >= 15 is 0 Å². The lowest BCUT2D eigenvalue weighted by molar-refractivity contribution is 1.17. The van der Waals surface area contributed by atoms with E-state index in [1.165, 1.54) is 0 Å². The van der Waals surface area contributed by atoms with Crippen LogP contribution in [0.25, 0.3) is 0 Å². The summed E-state index contributed by atoms with van der Waals surface area (Å²) in [4.78, 5) is 0. The highest BCUT2D eigenvalue weighted by Gasteiger charge is 1.93. The molecule has 0 bridgehead atoms. The Balaban J connectivity index is 4.18. The minimum atomic E-state index is 0.896. The number of rotatable bonds is 3. The Kier molecular flexibility index (Phi) is 4.46. The van der Waals surface area contributed by atoms with Crippen LogP contribution in [0.3, 0.4) is 0 Å². The maximum atomic E-state index is 3.95. The fourth-order valence-electron chi connectivity index (χ4n) is 0.585. The smallest absolute Gasteiger partial charge is 0.0650 e. The van der Waals surface area contributed by atoms with Gasteiger partial charge in [-0.05, 0) is 25.8 Å². The molecule has 0 aliphatic carbocycles. The molecular formula is C8H14N2. The lowest BCUT2D eigenvalue weighted by Crippen LogP contribution is -1.94. The zero-order valence-corrected chi connectivity index (χ0v) is 6.89. The third-order valence-electron chi connectivity index (χ3n) is 1.12. The zero-order chi connectivity index (χ0) is 7.98. The molecule has 0 unspecified atom stereocenters. The van der Waals surface area contributed by atoms with Crippen molar-refractivity contribution in [1.29, 1.82) is 0 Å². The molecule has 2 heteroatoms. The van der Waals surface area contributed by atoms with Gasteiger partial charge in [0.25, 0.3) is 0 Å². The van der Waals surface area contributed by atoms with Crippen molar-refractivity contribution in [1.82, 2.24) is 0 Å².